The van der Waals surface area contributed by atoms with Crippen molar-refractivity contribution in [3.63, 3.8) is 0 Å². The van der Waals surface area contributed by atoms with E-state index in [0.29, 0.717) is 18.2 Å². The van der Waals surface area contributed by atoms with Crippen LogP contribution in [0.2, 0.25) is 0 Å². The van der Waals surface area contributed by atoms with Crippen molar-refractivity contribution in [1.29, 1.82) is 5.26 Å². The molecule has 0 heterocycles. The lowest BCUT2D eigenvalue weighted by Crippen LogP contribution is -2.28. The predicted octanol–water partition coefficient (Wildman–Crippen LogP) is 2.28. The number of halogens is 1. The third-order valence-corrected chi connectivity index (χ3v) is 3.39. The molecule has 1 aliphatic carbocycles. The van der Waals surface area contributed by atoms with Crippen molar-refractivity contribution in [3.8, 4) is 6.07 Å². The summed E-state index contributed by atoms with van der Waals surface area (Å²) in [5.41, 5.74) is 1.71. The molecule has 84 valence electrons. The topological polar surface area (TPSA) is 47.3 Å². The molecular weight excluding hydrogens is 268 g/mol. The minimum atomic E-state index is 0.161. The second kappa shape index (κ2) is 4.86. The van der Waals surface area contributed by atoms with Gasteiger partial charge in [0.25, 0.3) is 0 Å². The standard InChI is InChI=1S/C12H13BrN2O/c13-12-7-11(2-1-9(12)8-14)15(5-6-16)10-3-4-10/h1-2,7,10,16H,3-6H2. The van der Waals surface area contributed by atoms with E-state index in [1.165, 1.54) is 12.8 Å². The first-order valence-corrected chi connectivity index (χ1v) is 6.12. The van der Waals surface area contributed by atoms with E-state index < -0.39 is 0 Å². The highest BCUT2D eigenvalue weighted by molar-refractivity contribution is 9.10. The van der Waals surface area contributed by atoms with Gasteiger partial charge >= 0.3 is 0 Å². The minimum Gasteiger partial charge on any atom is -0.395 e. The molecule has 0 saturated heterocycles. The highest BCUT2D eigenvalue weighted by atomic mass is 79.9. The molecule has 1 saturated carbocycles. The first-order chi connectivity index (χ1) is 7.76. The average molecular weight is 281 g/mol. The Labute approximate surface area is 103 Å². The van der Waals surface area contributed by atoms with Crippen molar-refractivity contribution < 1.29 is 5.11 Å². The lowest BCUT2D eigenvalue weighted by molar-refractivity contribution is 0.301. The Kier molecular flexibility index (Phi) is 3.47. The summed E-state index contributed by atoms with van der Waals surface area (Å²) in [6.07, 6.45) is 2.38. The summed E-state index contributed by atoms with van der Waals surface area (Å²) in [5, 5.41) is 17.9. The molecule has 1 aliphatic rings. The quantitative estimate of drug-likeness (QED) is 0.921. The summed E-state index contributed by atoms with van der Waals surface area (Å²) in [7, 11) is 0. The van der Waals surface area contributed by atoms with Crippen LogP contribution in [0.4, 0.5) is 5.69 Å². The monoisotopic (exact) mass is 280 g/mol. The number of anilines is 1. The van der Waals surface area contributed by atoms with E-state index in [4.69, 9.17) is 10.4 Å². The van der Waals surface area contributed by atoms with Crippen LogP contribution in [0.25, 0.3) is 0 Å². The van der Waals surface area contributed by atoms with Gasteiger partial charge < -0.3 is 10.0 Å². The average Bonchev–Trinajstić information content (AvgIpc) is 3.09. The first kappa shape index (κ1) is 11.4. The summed E-state index contributed by atoms with van der Waals surface area (Å²) in [6, 6.07) is 8.39. The smallest absolute Gasteiger partial charge is 0.100 e. The largest absolute Gasteiger partial charge is 0.395 e. The molecule has 0 bridgehead atoms. The van der Waals surface area contributed by atoms with Gasteiger partial charge in [0.15, 0.2) is 0 Å². The number of hydrogen-bond acceptors (Lipinski definition) is 3. The van der Waals surface area contributed by atoms with Crippen LogP contribution >= 0.6 is 15.9 Å². The Morgan fingerprint density at radius 2 is 2.25 bits per heavy atom. The molecule has 0 unspecified atom stereocenters. The Balaban J connectivity index is 2.24. The van der Waals surface area contributed by atoms with E-state index >= 15 is 0 Å². The van der Waals surface area contributed by atoms with Gasteiger partial charge in [-0.05, 0) is 47.0 Å². The molecule has 2 rings (SSSR count). The fraction of sp³-hybridized carbons (Fsp3) is 0.417. The first-order valence-electron chi connectivity index (χ1n) is 5.33. The normalized spacial score (nSPS) is 14.6. The molecule has 0 atom stereocenters. The van der Waals surface area contributed by atoms with Crippen LogP contribution in [0, 0.1) is 11.3 Å². The highest BCUT2D eigenvalue weighted by Crippen LogP contribution is 2.33. The fourth-order valence-corrected chi connectivity index (χ4v) is 2.25. The number of hydrogen-bond donors (Lipinski definition) is 1. The van der Waals surface area contributed by atoms with Crippen LogP contribution in [0.15, 0.2) is 22.7 Å². The molecular formula is C12H13BrN2O. The van der Waals surface area contributed by atoms with Crippen molar-refractivity contribution in [2.45, 2.75) is 18.9 Å². The molecule has 1 aromatic carbocycles. The predicted molar refractivity (Wildman–Crippen MR) is 66.3 cm³/mol. The van der Waals surface area contributed by atoms with Crippen molar-refractivity contribution in [3.05, 3.63) is 28.2 Å². The maximum absolute atomic E-state index is 9.04. The zero-order chi connectivity index (χ0) is 11.5. The summed E-state index contributed by atoms with van der Waals surface area (Å²) in [4.78, 5) is 2.20. The highest BCUT2D eigenvalue weighted by Gasteiger charge is 2.28. The third-order valence-electron chi connectivity index (χ3n) is 2.73. The van der Waals surface area contributed by atoms with Crippen LogP contribution in [-0.4, -0.2) is 24.3 Å². The minimum absolute atomic E-state index is 0.161. The Bertz CT molecular complexity index is 424. The molecule has 0 spiro atoms. The van der Waals surface area contributed by atoms with Crippen LogP contribution in [0.3, 0.4) is 0 Å². The van der Waals surface area contributed by atoms with Gasteiger partial charge in [0.1, 0.15) is 6.07 Å². The van der Waals surface area contributed by atoms with Gasteiger partial charge in [-0.3, -0.25) is 0 Å². The van der Waals surface area contributed by atoms with Crippen molar-refractivity contribution >= 4 is 21.6 Å². The number of aliphatic hydroxyl groups excluding tert-OH is 1. The lowest BCUT2D eigenvalue weighted by atomic mass is 10.2. The van der Waals surface area contributed by atoms with Gasteiger partial charge in [-0.15, -0.1) is 0 Å². The van der Waals surface area contributed by atoms with Crippen LogP contribution in [0.5, 0.6) is 0 Å². The third kappa shape index (κ3) is 2.37. The molecule has 1 fully saturated rings. The van der Waals surface area contributed by atoms with E-state index in [0.717, 1.165) is 10.2 Å². The van der Waals surface area contributed by atoms with E-state index in [9.17, 15) is 0 Å². The second-order valence-corrected chi connectivity index (χ2v) is 4.78. The van der Waals surface area contributed by atoms with E-state index in [2.05, 4.69) is 26.9 Å². The maximum Gasteiger partial charge on any atom is 0.100 e. The maximum atomic E-state index is 9.04. The van der Waals surface area contributed by atoms with Crippen LogP contribution < -0.4 is 4.90 Å². The fourth-order valence-electron chi connectivity index (χ4n) is 1.79. The number of aliphatic hydroxyl groups is 1. The van der Waals surface area contributed by atoms with Crippen LogP contribution in [-0.2, 0) is 0 Å². The summed E-state index contributed by atoms with van der Waals surface area (Å²) in [5.74, 6) is 0. The molecule has 4 heteroatoms. The number of nitrogens with zero attached hydrogens (tertiary/aromatic N) is 2. The molecule has 0 radical (unpaired) electrons. The summed E-state index contributed by atoms with van der Waals surface area (Å²) < 4.78 is 0.816. The van der Waals surface area contributed by atoms with Gasteiger partial charge in [0.2, 0.25) is 0 Å². The molecule has 1 N–H and O–H groups in total. The van der Waals surface area contributed by atoms with Gasteiger partial charge in [-0.25, -0.2) is 0 Å². The van der Waals surface area contributed by atoms with Gasteiger partial charge in [-0.2, -0.15) is 5.26 Å². The van der Waals surface area contributed by atoms with E-state index in [1.54, 1.807) is 0 Å². The molecule has 3 nitrogen and oxygen atoms in total. The number of benzene rings is 1. The summed E-state index contributed by atoms with van der Waals surface area (Å²) >= 11 is 3.38. The second-order valence-electron chi connectivity index (χ2n) is 3.92. The number of rotatable bonds is 4. The Morgan fingerprint density at radius 1 is 1.50 bits per heavy atom. The van der Waals surface area contributed by atoms with E-state index in [1.807, 2.05) is 18.2 Å². The van der Waals surface area contributed by atoms with E-state index in [-0.39, 0.29) is 6.61 Å². The summed E-state index contributed by atoms with van der Waals surface area (Å²) in [6.45, 7) is 0.817. The Hall–Kier alpha value is -1.05. The zero-order valence-electron chi connectivity index (χ0n) is 8.86. The molecule has 0 aromatic heterocycles. The van der Waals surface area contributed by atoms with Crippen molar-refractivity contribution in [2.75, 3.05) is 18.1 Å². The SMILES string of the molecule is N#Cc1ccc(N(CCO)C2CC2)cc1Br. The molecule has 16 heavy (non-hydrogen) atoms. The van der Waals surface area contributed by atoms with Gasteiger partial charge in [0.05, 0.1) is 12.2 Å². The van der Waals surface area contributed by atoms with Gasteiger partial charge in [-0.1, -0.05) is 0 Å². The van der Waals surface area contributed by atoms with Gasteiger partial charge in [0, 0.05) is 22.7 Å². The van der Waals surface area contributed by atoms with Crippen molar-refractivity contribution in [2.24, 2.45) is 0 Å². The molecule has 0 amide bonds. The zero-order valence-corrected chi connectivity index (χ0v) is 10.4. The van der Waals surface area contributed by atoms with Crippen LogP contribution in [0.1, 0.15) is 18.4 Å². The number of nitriles is 1. The molecule has 0 aliphatic heterocycles. The Morgan fingerprint density at radius 3 is 2.75 bits per heavy atom. The lowest BCUT2D eigenvalue weighted by Gasteiger charge is -2.24. The molecule has 1 aromatic rings. The van der Waals surface area contributed by atoms with Crippen molar-refractivity contribution in [1.82, 2.24) is 0 Å².